The molecule has 0 unspecified atom stereocenters. The Bertz CT molecular complexity index is 1200. The molecule has 5 rings (SSSR count). The molecule has 3 heterocycles. The van der Waals surface area contributed by atoms with Gasteiger partial charge in [0.1, 0.15) is 6.04 Å². The molecule has 1 N–H and O–H groups in total. The van der Waals surface area contributed by atoms with E-state index in [-0.39, 0.29) is 34.9 Å². The van der Waals surface area contributed by atoms with Gasteiger partial charge in [-0.25, -0.2) is 14.4 Å². The third-order valence-electron chi connectivity index (χ3n) is 6.18. The number of fused-ring (bicyclic) bond motifs is 1. The summed E-state index contributed by atoms with van der Waals surface area (Å²) in [6.07, 6.45) is 2.35. The molecule has 9 heteroatoms. The van der Waals surface area contributed by atoms with Crippen molar-refractivity contribution in [2.24, 2.45) is 7.05 Å². The number of carbonyl (C=O) groups is 1. The summed E-state index contributed by atoms with van der Waals surface area (Å²) in [7, 11) is 1.54. The maximum Gasteiger partial charge on any atom is 0.280 e. The van der Waals surface area contributed by atoms with Crippen LogP contribution in [-0.2, 0) is 17.5 Å². The van der Waals surface area contributed by atoms with Gasteiger partial charge in [-0.15, -0.1) is 0 Å². The lowest BCUT2D eigenvalue weighted by Crippen LogP contribution is -2.44. The van der Waals surface area contributed by atoms with Crippen LogP contribution in [0.1, 0.15) is 50.0 Å². The summed E-state index contributed by atoms with van der Waals surface area (Å²) in [6, 6.07) is 9.36. The minimum absolute atomic E-state index is 0.0599. The van der Waals surface area contributed by atoms with E-state index in [9.17, 15) is 14.0 Å². The normalized spacial score (nSPS) is 20.7. The van der Waals surface area contributed by atoms with E-state index in [1.165, 1.54) is 15.9 Å². The van der Waals surface area contributed by atoms with E-state index in [1.54, 1.807) is 7.05 Å². The number of hydrogen-bond donors (Lipinski definition) is 1. The maximum absolute atomic E-state index is 14.6. The number of anilines is 1. The predicted octanol–water partition coefficient (Wildman–Crippen LogP) is 3.19. The van der Waals surface area contributed by atoms with Crippen LogP contribution in [0.3, 0.4) is 0 Å². The lowest BCUT2D eigenvalue weighted by molar-refractivity contribution is -0.122. The first kappa shape index (κ1) is 20.1. The molecule has 2 aromatic heterocycles. The summed E-state index contributed by atoms with van der Waals surface area (Å²) >= 11 is 1.26. The van der Waals surface area contributed by atoms with Gasteiger partial charge in [-0.05, 0) is 38.2 Å². The fraction of sp³-hybridized carbons (Fsp3) is 0.455. The molecule has 1 amide bonds. The van der Waals surface area contributed by atoms with E-state index in [2.05, 4.69) is 15.3 Å². The Hall–Kier alpha value is -2.81. The van der Waals surface area contributed by atoms with Crippen molar-refractivity contribution in [1.82, 2.24) is 19.9 Å². The Morgan fingerprint density at radius 3 is 2.74 bits per heavy atom. The summed E-state index contributed by atoms with van der Waals surface area (Å²) in [4.78, 5) is 37.1. The van der Waals surface area contributed by atoms with Crippen LogP contribution in [0.5, 0.6) is 0 Å². The van der Waals surface area contributed by atoms with Crippen molar-refractivity contribution in [3.63, 3.8) is 0 Å². The van der Waals surface area contributed by atoms with Crippen LogP contribution in [0.25, 0.3) is 10.3 Å². The van der Waals surface area contributed by atoms with Crippen LogP contribution in [0, 0.1) is 0 Å². The summed E-state index contributed by atoms with van der Waals surface area (Å²) in [5, 5.41) is 3.68. The second-order valence-electron chi connectivity index (χ2n) is 8.41. The summed E-state index contributed by atoms with van der Waals surface area (Å²) in [5.74, 6) is 0.114. The second-order valence-corrected chi connectivity index (χ2v) is 9.36. The van der Waals surface area contributed by atoms with Gasteiger partial charge in [0.2, 0.25) is 5.91 Å². The Morgan fingerprint density at radius 1 is 1.29 bits per heavy atom. The number of rotatable bonds is 5. The number of halogens is 1. The van der Waals surface area contributed by atoms with Crippen molar-refractivity contribution in [3.05, 3.63) is 52.1 Å². The minimum atomic E-state index is -1.50. The van der Waals surface area contributed by atoms with Crippen molar-refractivity contribution >= 4 is 32.7 Å². The van der Waals surface area contributed by atoms with Gasteiger partial charge in [-0.1, -0.05) is 41.7 Å². The quantitative estimate of drug-likeness (QED) is 0.658. The Balaban J connectivity index is 1.42. The van der Waals surface area contributed by atoms with E-state index in [0.717, 1.165) is 12.0 Å². The van der Waals surface area contributed by atoms with Crippen LogP contribution in [0.4, 0.5) is 9.52 Å². The Labute approximate surface area is 182 Å². The Morgan fingerprint density at radius 2 is 2.03 bits per heavy atom. The van der Waals surface area contributed by atoms with Gasteiger partial charge in [0.05, 0.1) is 6.04 Å². The van der Waals surface area contributed by atoms with Gasteiger partial charge in [0, 0.05) is 13.6 Å². The van der Waals surface area contributed by atoms with Crippen molar-refractivity contribution in [2.75, 3.05) is 11.4 Å². The fourth-order valence-electron chi connectivity index (χ4n) is 4.20. The number of hydrogen-bond acceptors (Lipinski definition) is 6. The molecular formula is C22H24FN5O2S. The zero-order valence-corrected chi connectivity index (χ0v) is 18.3. The highest BCUT2D eigenvalue weighted by Gasteiger charge is 2.49. The van der Waals surface area contributed by atoms with Crippen molar-refractivity contribution < 1.29 is 9.18 Å². The van der Waals surface area contributed by atoms with E-state index in [4.69, 9.17) is 0 Å². The van der Waals surface area contributed by atoms with Gasteiger partial charge in [0.25, 0.3) is 5.56 Å². The van der Waals surface area contributed by atoms with Crippen LogP contribution in [-0.4, -0.2) is 33.0 Å². The average Bonchev–Trinajstić information content (AvgIpc) is 3.18. The number of nitrogens with zero attached hydrogens (tertiary/aromatic N) is 4. The molecule has 3 aromatic rings. The van der Waals surface area contributed by atoms with Crippen molar-refractivity contribution in [3.8, 4) is 0 Å². The van der Waals surface area contributed by atoms with E-state index < -0.39 is 5.67 Å². The lowest BCUT2D eigenvalue weighted by Gasteiger charge is -2.25. The molecule has 31 heavy (non-hydrogen) atoms. The molecule has 2 atom stereocenters. The third-order valence-corrected chi connectivity index (χ3v) is 7.17. The number of nitrogens with one attached hydrogen (secondary N) is 1. The standard InChI is InChI=1S/C22H24FN5O2S/c1-13(14-7-4-3-5-8-14)24-17(29)15-9-6-12-28(15)21-25-16-18(31-21)26-20(22(23)10-11-22)27(2)19(16)30/h3-5,7-8,13,15H,6,9-12H2,1-2H3,(H,24,29)/t13-,15-/m1/s1. The summed E-state index contributed by atoms with van der Waals surface area (Å²) in [6.45, 7) is 2.64. The number of carbonyl (C=O) groups excluding carboxylic acids is 1. The minimum Gasteiger partial charge on any atom is -0.348 e. The Kier molecular flexibility index (Phi) is 4.80. The van der Waals surface area contributed by atoms with Gasteiger partial charge in [-0.2, -0.15) is 0 Å². The second kappa shape index (κ2) is 7.40. The highest BCUT2D eigenvalue weighted by Crippen LogP contribution is 2.48. The molecule has 0 bridgehead atoms. The van der Waals surface area contributed by atoms with Crippen LogP contribution >= 0.6 is 11.3 Å². The first-order valence-corrected chi connectivity index (χ1v) is 11.4. The number of amides is 1. The molecule has 1 aliphatic heterocycles. The predicted molar refractivity (Wildman–Crippen MR) is 118 cm³/mol. The molecular weight excluding hydrogens is 417 g/mol. The number of thiazole rings is 1. The molecule has 7 nitrogen and oxygen atoms in total. The van der Waals surface area contributed by atoms with Gasteiger partial charge >= 0.3 is 0 Å². The van der Waals surface area contributed by atoms with Crippen LogP contribution in [0.15, 0.2) is 35.1 Å². The molecule has 2 aliphatic rings. The molecule has 0 spiro atoms. The molecule has 0 radical (unpaired) electrons. The van der Waals surface area contributed by atoms with E-state index in [0.29, 0.717) is 35.8 Å². The van der Waals surface area contributed by atoms with E-state index >= 15 is 0 Å². The monoisotopic (exact) mass is 441 g/mol. The highest BCUT2D eigenvalue weighted by molar-refractivity contribution is 7.21. The molecule has 1 aliphatic carbocycles. The fourth-order valence-corrected chi connectivity index (χ4v) is 5.21. The molecule has 162 valence electrons. The molecule has 2 fully saturated rings. The SMILES string of the molecule is C[C@@H](NC(=O)[C@H]1CCCN1c1nc2c(=O)n(C)c(C3(F)CC3)nc2s1)c1ccccc1. The van der Waals surface area contributed by atoms with Crippen LogP contribution < -0.4 is 15.8 Å². The van der Waals surface area contributed by atoms with Gasteiger partial charge in [0.15, 0.2) is 27.0 Å². The van der Waals surface area contributed by atoms with Crippen molar-refractivity contribution in [1.29, 1.82) is 0 Å². The molecule has 1 saturated carbocycles. The first-order valence-electron chi connectivity index (χ1n) is 10.6. The number of alkyl halides is 1. The topological polar surface area (TPSA) is 80.1 Å². The van der Waals surface area contributed by atoms with E-state index in [1.807, 2.05) is 42.2 Å². The zero-order valence-electron chi connectivity index (χ0n) is 17.5. The smallest absolute Gasteiger partial charge is 0.280 e. The van der Waals surface area contributed by atoms with Crippen molar-refractivity contribution in [2.45, 2.75) is 50.4 Å². The molecule has 1 saturated heterocycles. The molecule has 1 aromatic carbocycles. The van der Waals surface area contributed by atoms with Gasteiger partial charge in [-0.3, -0.25) is 14.2 Å². The number of benzene rings is 1. The number of aromatic nitrogens is 3. The van der Waals surface area contributed by atoms with Gasteiger partial charge < -0.3 is 10.2 Å². The largest absolute Gasteiger partial charge is 0.348 e. The highest BCUT2D eigenvalue weighted by atomic mass is 32.1. The maximum atomic E-state index is 14.6. The zero-order chi connectivity index (χ0) is 21.8. The summed E-state index contributed by atoms with van der Waals surface area (Å²) in [5.41, 5.74) is -0.569. The first-order chi connectivity index (χ1) is 14.9. The third kappa shape index (κ3) is 3.50. The summed E-state index contributed by atoms with van der Waals surface area (Å²) < 4.78 is 15.9. The average molecular weight is 442 g/mol. The van der Waals surface area contributed by atoms with Crippen LogP contribution in [0.2, 0.25) is 0 Å². The lowest BCUT2D eigenvalue weighted by atomic mass is 10.1.